The van der Waals surface area contributed by atoms with Crippen molar-refractivity contribution in [1.82, 2.24) is 10.3 Å². The van der Waals surface area contributed by atoms with Crippen LogP contribution in [-0.2, 0) is 11.2 Å². The Morgan fingerprint density at radius 1 is 1.29 bits per heavy atom. The molecule has 0 aliphatic carbocycles. The maximum Gasteiger partial charge on any atom is 0.251 e. The summed E-state index contributed by atoms with van der Waals surface area (Å²) in [5, 5.41) is 3.60. The van der Waals surface area contributed by atoms with Gasteiger partial charge in [0.05, 0.1) is 5.52 Å². The third-order valence-electron chi connectivity index (χ3n) is 3.02. The number of nitrogens with one attached hydrogen (secondary N) is 2. The number of carbonyl (C=O) groups excluding carboxylic acids is 1. The van der Waals surface area contributed by atoms with E-state index >= 15 is 0 Å². The summed E-state index contributed by atoms with van der Waals surface area (Å²) < 4.78 is 13.1. The van der Waals surface area contributed by atoms with Crippen LogP contribution in [0.5, 0.6) is 0 Å². The van der Waals surface area contributed by atoms with Crippen LogP contribution < -0.4 is 10.9 Å². The van der Waals surface area contributed by atoms with Crippen LogP contribution in [0, 0.1) is 5.82 Å². The monoisotopic (exact) mass is 290 g/mol. The highest BCUT2D eigenvalue weighted by atomic mass is 19.1. The second-order valence-electron chi connectivity index (χ2n) is 6.15. The van der Waals surface area contributed by atoms with Gasteiger partial charge in [-0.15, -0.1) is 0 Å². The van der Waals surface area contributed by atoms with Crippen LogP contribution in [0.1, 0.15) is 32.8 Å². The van der Waals surface area contributed by atoms with Crippen LogP contribution in [0.3, 0.4) is 0 Å². The number of aromatic amines is 1. The van der Waals surface area contributed by atoms with Crippen molar-refractivity contribution < 1.29 is 9.18 Å². The zero-order chi connectivity index (χ0) is 15.6. The highest BCUT2D eigenvalue weighted by Crippen LogP contribution is 2.13. The molecule has 0 atom stereocenters. The van der Waals surface area contributed by atoms with E-state index < -0.39 is 5.82 Å². The zero-order valence-electron chi connectivity index (χ0n) is 12.4. The summed E-state index contributed by atoms with van der Waals surface area (Å²) in [6.45, 7) is 5.72. The van der Waals surface area contributed by atoms with Crippen molar-refractivity contribution in [2.24, 2.45) is 0 Å². The van der Waals surface area contributed by atoms with E-state index in [2.05, 4.69) is 10.3 Å². The molecule has 0 aliphatic heterocycles. The van der Waals surface area contributed by atoms with Gasteiger partial charge in [0.15, 0.2) is 0 Å². The molecule has 0 saturated heterocycles. The molecule has 1 aromatic carbocycles. The van der Waals surface area contributed by atoms with Crippen molar-refractivity contribution in [3.05, 3.63) is 46.0 Å². The first-order valence-electron chi connectivity index (χ1n) is 6.87. The van der Waals surface area contributed by atoms with E-state index in [0.717, 1.165) is 5.39 Å². The number of amides is 1. The minimum absolute atomic E-state index is 0.0962. The minimum atomic E-state index is -0.393. The molecule has 2 aromatic rings. The van der Waals surface area contributed by atoms with Crippen LogP contribution in [0.25, 0.3) is 10.9 Å². The van der Waals surface area contributed by atoms with Crippen LogP contribution in [0.4, 0.5) is 4.39 Å². The second-order valence-corrected chi connectivity index (χ2v) is 6.15. The fourth-order valence-corrected chi connectivity index (χ4v) is 2.13. The van der Waals surface area contributed by atoms with Gasteiger partial charge in [0.1, 0.15) is 5.82 Å². The fourth-order valence-electron chi connectivity index (χ4n) is 2.13. The molecule has 1 aromatic heterocycles. The Labute approximate surface area is 122 Å². The van der Waals surface area contributed by atoms with Crippen LogP contribution in [-0.4, -0.2) is 16.4 Å². The van der Waals surface area contributed by atoms with Gasteiger partial charge in [0, 0.05) is 17.5 Å². The van der Waals surface area contributed by atoms with Gasteiger partial charge in [-0.25, -0.2) is 4.39 Å². The number of rotatable bonds is 3. The Bertz CT molecular complexity index is 729. The van der Waals surface area contributed by atoms with E-state index in [1.54, 1.807) is 12.1 Å². The number of H-pyrrole nitrogens is 1. The fraction of sp³-hybridized carbons (Fsp3) is 0.375. The predicted molar refractivity (Wildman–Crippen MR) is 80.7 cm³/mol. The molecule has 5 heteroatoms. The summed E-state index contributed by atoms with van der Waals surface area (Å²) in [7, 11) is 0. The average molecular weight is 290 g/mol. The molecule has 0 radical (unpaired) electrons. The first-order chi connectivity index (χ1) is 9.74. The number of carbonyl (C=O) groups is 1. The van der Waals surface area contributed by atoms with E-state index in [-0.39, 0.29) is 23.4 Å². The van der Waals surface area contributed by atoms with Gasteiger partial charge in [-0.1, -0.05) is 0 Å². The van der Waals surface area contributed by atoms with Gasteiger partial charge in [0.25, 0.3) is 5.56 Å². The maximum absolute atomic E-state index is 13.1. The molecule has 1 amide bonds. The predicted octanol–water partition coefficient (Wildman–Crippen LogP) is 2.51. The SMILES string of the molecule is CC(C)(C)NC(=O)CCc1cc2ccc(F)cc2[nH]c1=O. The van der Waals surface area contributed by atoms with E-state index in [9.17, 15) is 14.0 Å². The number of benzene rings is 1. The van der Waals surface area contributed by atoms with Crippen molar-refractivity contribution in [2.45, 2.75) is 39.2 Å². The molecule has 0 fully saturated rings. The molecule has 1 heterocycles. The molecule has 0 aliphatic rings. The molecular weight excluding hydrogens is 271 g/mol. The number of fused-ring (bicyclic) bond motifs is 1. The Morgan fingerprint density at radius 2 is 2.00 bits per heavy atom. The van der Waals surface area contributed by atoms with Crippen molar-refractivity contribution in [3.8, 4) is 0 Å². The third-order valence-corrected chi connectivity index (χ3v) is 3.02. The third kappa shape index (κ3) is 4.15. The van der Waals surface area contributed by atoms with Gasteiger partial charge >= 0.3 is 0 Å². The standard InChI is InChI=1S/C16H19FN2O2/c1-16(2,3)19-14(20)7-5-11-8-10-4-6-12(17)9-13(10)18-15(11)21/h4,6,8-9H,5,7H2,1-3H3,(H,18,21)(H,19,20). The Kier molecular flexibility index (Phi) is 4.11. The molecule has 0 spiro atoms. The summed E-state index contributed by atoms with van der Waals surface area (Å²) in [5.74, 6) is -0.489. The normalized spacial score (nSPS) is 11.6. The number of halogens is 1. The summed E-state index contributed by atoms with van der Waals surface area (Å²) >= 11 is 0. The van der Waals surface area contributed by atoms with Gasteiger partial charge in [-0.2, -0.15) is 0 Å². The molecule has 0 bridgehead atoms. The lowest BCUT2D eigenvalue weighted by atomic mass is 10.1. The van der Waals surface area contributed by atoms with E-state index in [0.29, 0.717) is 17.5 Å². The molecular formula is C16H19FN2O2. The second kappa shape index (κ2) is 5.68. The van der Waals surface area contributed by atoms with Crippen molar-refractivity contribution in [3.63, 3.8) is 0 Å². The Morgan fingerprint density at radius 3 is 2.67 bits per heavy atom. The zero-order valence-corrected chi connectivity index (χ0v) is 12.4. The largest absolute Gasteiger partial charge is 0.351 e. The molecule has 4 nitrogen and oxygen atoms in total. The van der Waals surface area contributed by atoms with Crippen LogP contribution in [0.2, 0.25) is 0 Å². The number of aromatic nitrogens is 1. The molecule has 21 heavy (non-hydrogen) atoms. The van der Waals surface area contributed by atoms with Crippen molar-refractivity contribution in [1.29, 1.82) is 0 Å². The van der Waals surface area contributed by atoms with Crippen molar-refractivity contribution in [2.75, 3.05) is 0 Å². The van der Waals surface area contributed by atoms with Gasteiger partial charge in [-0.05, 0) is 56.8 Å². The highest BCUT2D eigenvalue weighted by Gasteiger charge is 2.14. The Balaban J connectivity index is 2.16. The first kappa shape index (κ1) is 15.2. The lowest BCUT2D eigenvalue weighted by Crippen LogP contribution is -2.40. The van der Waals surface area contributed by atoms with Crippen LogP contribution >= 0.6 is 0 Å². The van der Waals surface area contributed by atoms with Gasteiger partial charge in [0.2, 0.25) is 5.91 Å². The lowest BCUT2D eigenvalue weighted by molar-refractivity contribution is -0.122. The summed E-state index contributed by atoms with van der Waals surface area (Å²) in [5.41, 5.74) is 0.419. The molecule has 2 rings (SSSR count). The molecule has 112 valence electrons. The summed E-state index contributed by atoms with van der Waals surface area (Å²) in [6.07, 6.45) is 0.595. The molecule has 2 N–H and O–H groups in total. The maximum atomic E-state index is 13.1. The minimum Gasteiger partial charge on any atom is -0.351 e. The Hall–Kier alpha value is -2.17. The summed E-state index contributed by atoms with van der Waals surface area (Å²) in [4.78, 5) is 26.4. The first-order valence-corrected chi connectivity index (χ1v) is 6.87. The van der Waals surface area contributed by atoms with E-state index in [1.807, 2.05) is 20.8 Å². The van der Waals surface area contributed by atoms with Gasteiger partial charge < -0.3 is 10.3 Å². The van der Waals surface area contributed by atoms with Crippen molar-refractivity contribution >= 4 is 16.8 Å². The topological polar surface area (TPSA) is 62.0 Å². The lowest BCUT2D eigenvalue weighted by Gasteiger charge is -2.20. The number of pyridine rings is 1. The molecule has 0 unspecified atom stereocenters. The quantitative estimate of drug-likeness (QED) is 0.912. The van der Waals surface area contributed by atoms with E-state index in [4.69, 9.17) is 0 Å². The smallest absolute Gasteiger partial charge is 0.251 e. The summed E-state index contributed by atoms with van der Waals surface area (Å²) in [6, 6.07) is 5.95. The van der Waals surface area contributed by atoms with Gasteiger partial charge in [-0.3, -0.25) is 9.59 Å². The average Bonchev–Trinajstić information content (AvgIpc) is 2.34. The van der Waals surface area contributed by atoms with Crippen LogP contribution in [0.15, 0.2) is 29.1 Å². The van der Waals surface area contributed by atoms with E-state index in [1.165, 1.54) is 12.1 Å². The highest BCUT2D eigenvalue weighted by molar-refractivity contribution is 5.79. The number of hydrogen-bond donors (Lipinski definition) is 2. The molecule has 0 saturated carbocycles. The number of aryl methyl sites for hydroxylation is 1. The number of hydrogen-bond acceptors (Lipinski definition) is 2.